The van der Waals surface area contributed by atoms with Crippen LogP contribution in [0.5, 0.6) is 0 Å². The molecule has 3 rings (SSSR count). The van der Waals surface area contributed by atoms with Crippen molar-refractivity contribution in [2.45, 2.75) is 18.6 Å². The van der Waals surface area contributed by atoms with Crippen LogP contribution in [0.1, 0.15) is 22.5 Å². The summed E-state index contributed by atoms with van der Waals surface area (Å²) in [6.07, 6.45) is 5.48. The number of rotatable bonds is 2. The maximum absolute atomic E-state index is 9.32. The van der Waals surface area contributed by atoms with Crippen molar-refractivity contribution in [1.29, 1.82) is 5.26 Å². The molecule has 3 heteroatoms. The summed E-state index contributed by atoms with van der Waals surface area (Å²) in [5.74, 6) is 2.78. The van der Waals surface area contributed by atoms with Crippen LogP contribution in [0.4, 0.5) is 0 Å². The summed E-state index contributed by atoms with van der Waals surface area (Å²) in [5, 5.41) is 9.32. The summed E-state index contributed by atoms with van der Waals surface area (Å²) in [4.78, 5) is 4.15. The third-order valence-electron chi connectivity index (χ3n) is 3.72. The predicted octanol–water partition coefficient (Wildman–Crippen LogP) is 2.60. The summed E-state index contributed by atoms with van der Waals surface area (Å²) in [7, 11) is 0. The summed E-state index contributed by atoms with van der Waals surface area (Å²) in [6.45, 7) is 0.0996. The Hall–Kier alpha value is -2.08. The molecule has 0 amide bonds. The van der Waals surface area contributed by atoms with Crippen molar-refractivity contribution in [2.24, 2.45) is 0 Å². The molecule has 0 radical (unpaired) electrons. The van der Waals surface area contributed by atoms with Crippen molar-refractivity contribution >= 4 is 6.71 Å². The Morgan fingerprint density at radius 1 is 1.28 bits per heavy atom. The Balaban J connectivity index is 1.93. The van der Waals surface area contributed by atoms with Gasteiger partial charge in [-0.05, 0) is 35.8 Å². The molecule has 1 unspecified atom stereocenters. The highest BCUT2D eigenvalue weighted by molar-refractivity contribution is 6.69. The first-order chi connectivity index (χ1) is 8.88. The molecule has 0 N–H and O–H groups in total. The van der Waals surface area contributed by atoms with Crippen molar-refractivity contribution in [3.8, 4) is 5.97 Å². The number of benzene rings is 1. The van der Waals surface area contributed by atoms with E-state index in [1.807, 2.05) is 12.3 Å². The molecule has 0 saturated carbocycles. The third-order valence-corrected chi connectivity index (χ3v) is 3.72. The average molecular weight is 232 g/mol. The molecule has 0 fully saturated rings. The van der Waals surface area contributed by atoms with E-state index in [1.165, 1.54) is 16.7 Å². The second-order valence-electron chi connectivity index (χ2n) is 4.81. The van der Waals surface area contributed by atoms with Gasteiger partial charge >= 0.3 is 0 Å². The van der Waals surface area contributed by atoms with Crippen molar-refractivity contribution in [2.75, 3.05) is 0 Å². The van der Waals surface area contributed by atoms with Crippen LogP contribution in [0.25, 0.3) is 0 Å². The standard InChI is InChI=1S/C15H13BN2/c17-11-16-9-13-5-1-2-6-14(13)15(16)8-12-4-3-7-18-10-12/h1-7,10,15H,8-9H2. The van der Waals surface area contributed by atoms with E-state index in [4.69, 9.17) is 0 Å². The van der Waals surface area contributed by atoms with Gasteiger partial charge in [0.1, 0.15) is 0 Å². The van der Waals surface area contributed by atoms with Gasteiger partial charge in [0, 0.05) is 18.4 Å². The van der Waals surface area contributed by atoms with Crippen molar-refractivity contribution in [1.82, 2.24) is 4.98 Å². The molecule has 2 aromatic rings. The minimum Gasteiger partial charge on any atom is -0.264 e. The molecule has 0 aliphatic carbocycles. The van der Waals surface area contributed by atoms with Crippen LogP contribution in [0.15, 0.2) is 48.8 Å². The molecule has 1 aliphatic heterocycles. The number of nitriles is 1. The zero-order valence-electron chi connectivity index (χ0n) is 10.1. The third kappa shape index (κ3) is 1.91. The SMILES string of the molecule is N#CB1Cc2ccccc2C1Cc1cccnc1. The quantitative estimate of drug-likeness (QED) is 0.746. The monoisotopic (exact) mass is 232 g/mol. The number of pyridine rings is 1. The number of aromatic nitrogens is 1. The lowest BCUT2D eigenvalue weighted by Gasteiger charge is -2.13. The largest absolute Gasteiger partial charge is 0.280 e. The molecule has 0 saturated heterocycles. The van der Waals surface area contributed by atoms with Gasteiger partial charge in [0.2, 0.25) is 0 Å². The Labute approximate surface area is 107 Å². The van der Waals surface area contributed by atoms with Crippen LogP contribution in [-0.4, -0.2) is 11.7 Å². The topological polar surface area (TPSA) is 36.7 Å². The molecule has 86 valence electrons. The lowest BCUT2D eigenvalue weighted by atomic mass is 9.42. The molecule has 0 bridgehead atoms. The molecule has 2 nitrogen and oxygen atoms in total. The van der Waals surface area contributed by atoms with E-state index < -0.39 is 0 Å². The van der Waals surface area contributed by atoms with Gasteiger partial charge in [0.25, 0.3) is 6.71 Å². The van der Waals surface area contributed by atoms with Gasteiger partial charge < -0.3 is 0 Å². The molecule has 1 aliphatic rings. The molecular formula is C15H13BN2. The molecule has 1 aromatic heterocycles. The summed E-state index contributed by atoms with van der Waals surface area (Å²) >= 11 is 0. The Bertz CT molecular complexity index is 589. The predicted molar refractivity (Wildman–Crippen MR) is 72.2 cm³/mol. The van der Waals surface area contributed by atoms with Gasteiger partial charge in [-0.2, -0.15) is 0 Å². The molecular weight excluding hydrogens is 219 g/mol. The normalized spacial score (nSPS) is 17.3. The van der Waals surface area contributed by atoms with Gasteiger partial charge in [-0.15, -0.1) is 0 Å². The highest BCUT2D eigenvalue weighted by atomic mass is 14.6. The Morgan fingerprint density at radius 2 is 2.17 bits per heavy atom. The van der Waals surface area contributed by atoms with Crippen LogP contribution in [0.3, 0.4) is 0 Å². The van der Waals surface area contributed by atoms with Crippen molar-refractivity contribution < 1.29 is 0 Å². The smallest absolute Gasteiger partial charge is 0.264 e. The summed E-state index contributed by atoms with van der Waals surface area (Å²) < 4.78 is 0. The van der Waals surface area contributed by atoms with E-state index in [0.717, 1.165) is 12.7 Å². The molecule has 0 spiro atoms. The highest BCUT2D eigenvalue weighted by Crippen LogP contribution is 2.34. The van der Waals surface area contributed by atoms with E-state index in [2.05, 4.69) is 41.3 Å². The summed E-state index contributed by atoms with van der Waals surface area (Å²) in [6, 6.07) is 12.5. The Kier molecular flexibility index (Phi) is 2.86. The van der Waals surface area contributed by atoms with Crippen LogP contribution < -0.4 is 0 Å². The van der Waals surface area contributed by atoms with E-state index >= 15 is 0 Å². The lowest BCUT2D eigenvalue weighted by molar-refractivity contribution is 0.905. The van der Waals surface area contributed by atoms with Crippen LogP contribution in [0, 0.1) is 11.2 Å². The van der Waals surface area contributed by atoms with Crippen molar-refractivity contribution in [3.63, 3.8) is 0 Å². The van der Waals surface area contributed by atoms with Gasteiger partial charge in [-0.1, -0.05) is 35.9 Å². The van der Waals surface area contributed by atoms with Gasteiger partial charge in [-0.25, -0.2) is 5.26 Å². The molecule has 2 heterocycles. The van der Waals surface area contributed by atoms with Crippen molar-refractivity contribution in [3.05, 3.63) is 65.5 Å². The van der Waals surface area contributed by atoms with E-state index in [1.54, 1.807) is 6.20 Å². The summed E-state index contributed by atoms with van der Waals surface area (Å²) in [5.41, 5.74) is 3.88. The Morgan fingerprint density at radius 3 is 2.94 bits per heavy atom. The number of fused-ring (bicyclic) bond motifs is 1. The highest BCUT2D eigenvalue weighted by Gasteiger charge is 2.35. The molecule has 18 heavy (non-hydrogen) atoms. The van der Waals surface area contributed by atoms with Crippen LogP contribution in [0.2, 0.25) is 0 Å². The maximum atomic E-state index is 9.32. The van der Waals surface area contributed by atoms with Crippen LogP contribution >= 0.6 is 0 Å². The fourth-order valence-corrected chi connectivity index (χ4v) is 2.84. The van der Waals surface area contributed by atoms with Gasteiger partial charge in [0.15, 0.2) is 0 Å². The van der Waals surface area contributed by atoms with E-state index in [9.17, 15) is 5.26 Å². The zero-order valence-corrected chi connectivity index (χ0v) is 10.1. The number of nitrogens with zero attached hydrogens (tertiary/aromatic N) is 2. The second kappa shape index (κ2) is 4.66. The van der Waals surface area contributed by atoms with Crippen LogP contribution in [-0.2, 0) is 12.7 Å². The second-order valence-corrected chi connectivity index (χ2v) is 4.81. The molecule has 1 aromatic carbocycles. The average Bonchev–Trinajstić information content (AvgIpc) is 2.78. The minimum absolute atomic E-state index is 0.0996. The maximum Gasteiger partial charge on any atom is 0.280 e. The van der Waals surface area contributed by atoms with E-state index in [0.29, 0.717) is 5.82 Å². The fraction of sp³-hybridized carbons (Fsp3) is 0.200. The first-order valence-electron chi connectivity index (χ1n) is 6.25. The number of hydrogen-bond donors (Lipinski definition) is 0. The first-order valence-corrected chi connectivity index (χ1v) is 6.25. The molecule has 1 atom stereocenters. The van der Waals surface area contributed by atoms with Gasteiger partial charge in [-0.3, -0.25) is 4.98 Å². The fourth-order valence-electron chi connectivity index (χ4n) is 2.84. The minimum atomic E-state index is 0.0996. The first kappa shape index (κ1) is 11.0. The zero-order chi connectivity index (χ0) is 12.4. The number of hydrogen-bond acceptors (Lipinski definition) is 2. The van der Waals surface area contributed by atoms with Gasteiger partial charge in [0.05, 0.1) is 0 Å². The lowest BCUT2D eigenvalue weighted by Crippen LogP contribution is -2.20. The van der Waals surface area contributed by atoms with E-state index in [-0.39, 0.29) is 6.71 Å².